The number of aromatic nitrogens is 3. The van der Waals surface area contributed by atoms with Crippen molar-refractivity contribution in [3.05, 3.63) is 35.0 Å². The summed E-state index contributed by atoms with van der Waals surface area (Å²) < 4.78 is 6.93. The van der Waals surface area contributed by atoms with Crippen molar-refractivity contribution in [2.45, 2.75) is 46.5 Å². The summed E-state index contributed by atoms with van der Waals surface area (Å²) in [5.74, 6) is 1.09. The molecule has 1 N–H and O–H groups in total. The molecule has 0 atom stereocenters. The maximum absolute atomic E-state index is 12.0. The van der Waals surface area contributed by atoms with E-state index in [0.717, 1.165) is 42.9 Å². The molecule has 2 aromatic rings. The maximum Gasteiger partial charge on any atom is 0.358 e. The van der Waals surface area contributed by atoms with Gasteiger partial charge in [-0.1, -0.05) is 20.3 Å². The van der Waals surface area contributed by atoms with E-state index in [9.17, 15) is 4.79 Å². The van der Waals surface area contributed by atoms with Gasteiger partial charge in [-0.3, -0.25) is 0 Å². The van der Waals surface area contributed by atoms with Crippen LogP contribution in [0.15, 0.2) is 12.1 Å². The Balaban J connectivity index is 2.56. The van der Waals surface area contributed by atoms with Gasteiger partial charge in [0.1, 0.15) is 5.82 Å². The molecule has 0 unspecified atom stereocenters. The lowest BCUT2D eigenvalue weighted by molar-refractivity contribution is 0.0594. The zero-order valence-corrected chi connectivity index (χ0v) is 13.2. The average molecular weight is 289 g/mol. The van der Waals surface area contributed by atoms with Crippen LogP contribution in [0, 0.1) is 6.92 Å². The normalized spacial score (nSPS) is 10.9. The van der Waals surface area contributed by atoms with Crippen molar-refractivity contribution in [3.8, 4) is 5.82 Å². The largest absolute Gasteiger partial charge is 0.464 e. The second-order valence-corrected chi connectivity index (χ2v) is 5.18. The van der Waals surface area contributed by atoms with E-state index in [2.05, 4.69) is 35.9 Å². The highest BCUT2D eigenvalue weighted by Gasteiger charge is 2.21. The Kier molecular flexibility index (Phi) is 4.83. The molecular weight excluding hydrogens is 266 g/mol. The van der Waals surface area contributed by atoms with Crippen molar-refractivity contribution < 1.29 is 9.53 Å². The molecule has 0 aliphatic carbocycles. The number of aryl methyl sites for hydroxylation is 3. The number of methoxy groups -OCH3 is 1. The number of carbonyl (C=O) groups excluding carboxylic acids is 1. The molecule has 0 aliphatic heterocycles. The second kappa shape index (κ2) is 6.61. The number of H-pyrrole nitrogens is 1. The summed E-state index contributed by atoms with van der Waals surface area (Å²) in [5.41, 5.74) is 2.66. The Bertz CT molecular complexity index is 626. The van der Waals surface area contributed by atoms with Gasteiger partial charge in [0, 0.05) is 17.8 Å². The van der Waals surface area contributed by atoms with E-state index in [1.807, 2.05) is 11.5 Å². The number of esters is 1. The van der Waals surface area contributed by atoms with Crippen molar-refractivity contribution in [1.29, 1.82) is 0 Å². The molecule has 0 bridgehead atoms. The molecule has 0 amide bonds. The standard InChI is InChI=1S/C16H23N3O2/c1-5-7-12-10-9-11(3)19(12)15-14(16(20)21-4)17-13(18-15)8-6-2/h9-10H,5-8H2,1-4H3,(H,17,18). The molecule has 2 heterocycles. The molecule has 0 saturated carbocycles. The monoisotopic (exact) mass is 289 g/mol. The molecule has 0 spiro atoms. The van der Waals surface area contributed by atoms with Gasteiger partial charge in [-0.05, 0) is 31.9 Å². The second-order valence-electron chi connectivity index (χ2n) is 5.18. The average Bonchev–Trinajstić information content (AvgIpc) is 3.03. The van der Waals surface area contributed by atoms with Crippen LogP contribution in [0.2, 0.25) is 0 Å². The van der Waals surface area contributed by atoms with Crippen LogP contribution < -0.4 is 0 Å². The molecule has 0 saturated heterocycles. The minimum Gasteiger partial charge on any atom is -0.464 e. The molecule has 5 heteroatoms. The lowest BCUT2D eigenvalue weighted by atomic mass is 10.2. The molecular formula is C16H23N3O2. The number of hydrogen-bond acceptors (Lipinski definition) is 3. The summed E-state index contributed by atoms with van der Waals surface area (Å²) in [7, 11) is 1.39. The molecule has 5 nitrogen and oxygen atoms in total. The van der Waals surface area contributed by atoms with E-state index in [0.29, 0.717) is 11.5 Å². The molecule has 21 heavy (non-hydrogen) atoms. The van der Waals surface area contributed by atoms with Gasteiger partial charge in [0.2, 0.25) is 0 Å². The van der Waals surface area contributed by atoms with Crippen LogP contribution in [0.1, 0.15) is 54.4 Å². The van der Waals surface area contributed by atoms with Crippen molar-refractivity contribution in [2.75, 3.05) is 7.11 Å². The number of aromatic amines is 1. The molecule has 2 rings (SSSR count). The number of nitrogens with zero attached hydrogens (tertiary/aromatic N) is 2. The quantitative estimate of drug-likeness (QED) is 0.831. The maximum atomic E-state index is 12.0. The Morgan fingerprint density at radius 3 is 2.62 bits per heavy atom. The van der Waals surface area contributed by atoms with Gasteiger partial charge in [0.05, 0.1) is 7.11 Å². The Labute approximate surface area is 125 Å². The van der Waals surface area contributed by atoms with Crippen LogP contribution in [-0.2, 0) is 17.6 Å². The highest BCUT2D eigenvalue weighted by molar-refractivity contribution is 5.90. The summed E-state index contributed by atoms with van der Waals surface area (Å²) >= 11 is 0. The molecule has 0 fully saturated rings. The Hall–Kier alpha value is -2.04. The van der Waals surface area contributed by atoms with Crippen LogP contribution in [0.4, 0.5) is 0 Å². The van der Waals surface area contributed by atoms with E-state index in [4.69, 9.17) is 4.74 Å². The van der Waals surface area contributed by atoms with Gasteiger partial charge in [0.25, 0.3) is 0 Å². The van der Waals surface area contributed by atoms with Gasteiger partial charge in [-0.15, -0.1) is 0 Å². The van der Waals surface area contributed by atoms with E-state index >= 15 is 0 Å². The van der Waals surface area contributed by atoms with E-state index in [1.54, 1.807) is 0 Å². The zero-order valence-electron chi connectivity index (χ0n) is 13.2. The first-order valence-corrected chi connectivity index (χ1v) is 7.47. The summed E-state index contributed by atoms with van der Waals surface area (Å²) in [6, 6.07) is 4.15. The predicted molar refractivity (Wildman–Crippen MR) is 82.0 cm³/mol. The highest BCUT2D eigenvalue weighted by Crippen LogP contribution is 2.21. The van der Waals surface area contributed by atoms with Crippen molar-refractivity contribution in [1.82, 2.24) is 14.5 Å². The Morgan fingerprint density at radius 2 is 2.00 bits per heavy atom. The SMILES string of the molecule is CCCc1nc(-n2c(C)ccc2CCC)c(C(=O)OC)[nH]1. The van der Waals surface area contributed by atoms with Gasteiger partial charge >= 0.3 is 5.97 Å². The zero-order chi connectivity index (χ0) is 15.4. The van der Waals surface area contributed by atoms with Crippen LogP contribution in [0.5, 0.6) is 0 Å². The van der Waals surface area contributed by atoms with Crippen LogP contribution in [0.25, 0.3) is 5.82 Å². The Morgan fingerprint density at radius 1 is 1.29 bits per heavy atom. The minimum atomic E-state index is -0.379. The molecule has 0 aromatic carbocycles. The minimum absolute atomic E-state index is 0.379. The van der Waals surface area contributed by atoms with Crippen LogP contribution in [0.3, 0.4) is 0 Å². The smallest absolute Gasteiger partial charge is 0.358 e. The lowest BCUT2D eigenvalue weighted by Gasteiger charge is -2.10. The predicted octanol–water partition coefficient (Wildman–Crippen LogP) is 3.20. The van der Waals surface area contributed by atoms with Crippen LogP contribution in [-0.4, -0.2) is 27.6 Å². The first-order valence-electron chi connectivity index (χ1n) is 7.47. The van der Waals surface area contributed by atoms with E-state index in [-0.39, 0.29) is 5.97 Å². The third kappa shape index (κ3) is 3.01. The fourth-order valence-electron chi connectivity index (χ4n) is 2.52. The fraction of sp³-hybridized carbons (Fsp3) is 0.500. The first kappa shape index (κ1) is 15.4. The van der Waals surface area contributed by atoms with Gasteiger partial charge in [-0.25, -0.2) is 9.78 Å². The number of hydrogen-bond donors (Lipinski definition) is 1. The van der Waals surface area contributed by atoms with Crippen molar-refractivity contribution >= 4 is 5.97 Å². The van der Waals surface area contributed by atoms with Gasteiger partial charge < -0.3 is 14.3 Å². The van der Waals surface area contributed by atoms with Crippen molar-refractivity contribution in [2.24, 2.45) is 0 Å². The summed E-state index contributed by atoms with van der Waals surface area (Å²) in [5, 5.41) is 0. The highest BCUT2D eigenvalue weighted by atomic mass is 16.5. The van der Waals surface area contributed by atoms with E-state index < -0.39 is 0 Å². The fourth-order valence-corrected chi connectivity index (χ4v) is 2.52. The molecule has 0 radical (unpaired) electrons. The van der Waals surface area contributed by atoms with E-state index in [1.165, 1.54) is 7.11 Å². The van der Waals surface area contributed by atoms with Gasteiger partial charge in [-0.2, -0.15) is 0 Å². The molecule has 2 aromatic heterocycles. The number of ether oxygens (including phenoxy) is 1. The van der Waals surface area contributed by atoms with Crippen molar-refractivity contribution in [3.63, 3.8) is 0 Å². The number of nitrogens with one attached hydrogen (secondary N) is 1. The summed E-state index contributed by atoms with van der Waals surface area (Å²) in [6.45, 7) is 6.25. The lowest BCUT2D eigenvalue weighted by Crippen LogP contribution is -2.10. The van der Waals surface area contributed by atoms with Crippen LogP contribution >= 0.6 is 0 Å². The number of imidazole rings is 1. The summed E-state index contributed by atoms with van der Waals surface area (Å²) in [6.07, 6.45) is 3.78. The number of rotatable bonds is 6. The topological polar surface area (TPSA) is 59.9 Å². The van der Waals surface area contributed by atoms with Gasteiger partial charge in [0.15, 0.2) is 11.5 Å². The molecule has 114 valence electrons. The molecule has 0 aliphatic rings. The third-order valence-electron chi connectivity index (χ3n) is 3.48. The first-order chi connectivity index (χ1) is 10.1. The number of carbonyl (C=O) groups is 1. The third-order valence-corrected chi connectivity index (χ3v) is 3.48. The summed E-state index contributed by atoms with van der Waals surface area (Å²) in [4.78, 5) is 19.8.